The summed E-state index contributed by atoms with van der Waals surface area (Å²) >= 11 is 0. The Morgan fingerprint density at radius 2 is 1.85 bits per heavy atom. The van der Waals surface area contributed by atoms with Gasteiger partial charge in [-0.2, -0.15) is 0 Å². The van der Waals surface area contributed by atoms with Crippen LogP contribution < -0.4 is 5.73 Å². The minimum Gasteiger partial charge on any atom is -0.383 e. The molecular formula is C16H19N3O. The van der Waals surface area contributed by atoms with Gasteiger partial charge in [-0.05, 0) is 26.2 Å². The van der Waals surface area contributed by atoms with Crippen LogP contribution in [0.15, 0.2) is 30.3 Å². The quantitative estimate of drug-likeness (QED) is 0.930. The first-order chi connectivity index (χ1) is 9.66. The number of benzene rings is 1. The summed E-state index contributed by atoms with van der Waals surface area (Å²) < 4.78 is 5.67. The second-order valence-corrected chi connectivity index (χ2v) is 5.32. The van der Waals surface area contributed by atoms with E-state index in [9.17, 15) is 0 Å². The molecule has 0 radical (unpaired) electrons. The molecule has 0 amide bonds. The van der Waals surface area contributed by atoms with Crippen molar-refractivity contribution in [1.29, 1.82) is 0 Å². The van der Waals surface area contributed by atoms with Crippen LogP contribution in [0.25, 0.3) is 11.3 Å². The molecule has 0 spiro atoms. The van der Waals surface area contributed by atoms with E-state index in [1.54, 1.807) is 7.11 Å². The minimum absolute atomic E-state index is 0.342. The number of methoxy groups -OCH3 is 1. The molecule has 3 rings (SSSR count). The number of nitrogens with two attached hydrogens (primary N) is 1. The number of nitrogens with zero attached hydrogens (tertiary/aromatic N) is 2. The maximum Gasteiger partial charge on any atom is 0.163 e. The first-order valence-corrected chi connectivity index (χ1v) is 6.91. The molecule has 0 bridgehead atoms. The maximum absolute atomic E-state index is 6.08. The highest BCUT2D eigenvalue weighted by Crippen LogP contribution is 2.43. The van der Waals surface area contributed by atoms with Crippen LogP contribution in [-0.2, 0) is 10.3 Å². The smallest absolute Gasteiger partial charge is 0.163 e. The average molecular weight is 269 g/mol. The third-order valence-corrected chi connectivity index (χ3v) is 4.19. The van der Waals surface area contributed by atoms with Crippen LogP contribution >= 0.6 is 0 Å². The average Bonchev–Trinajstić information content (AvgIpc) is 2.43. The fourth-order valence-corrected chi connectivity index (χ4v) is 2.63. The molecule has 4 heteroatoms. The van der Waals surface area contributed by atoms with Crippen molar-refractivity contribution in [2.75, 3.05) is 12.8 Å². The normalized spacial score (nSPS) is 16.7. The predicted octanol–water partition coefficient (Wildman–Crippen LogP) is 3.06. The molecule has 0 saturated heterocycles. The minimum atomic E-state index is -0.342. The van der Waals surface area contributed by atoms with Crippen LogP contribution in [0.5, 0.6) is 0 Å². The van der Waals surface area contributed by atoms with Crippen LogP contribution in [0.2, 0.25) is 0 Å². The van der Waals surface area contributed by atoms with Gasteiger partial charge >= 0.3 is 0 Å². The molecule has 4 nitrogen and oxygen atoms in total. The van der Waals surface area contributed by atoms with E-state index in [0.717, 1.165) is 36.1 Å². The van der Waals surface area contributed by atoms with Crippen LogP contribution in [0, 0.1) is 6.92 Å². The molecule has 1 aromatic heterocycles. The molecule has 2 aromatic rings. The van der Waals surface area contributed by atoms with Crippen molar-refractivity contribution in [1.82, 2.24) is 9.97 Å². The summed E-state index contributed by atoms with van der Waals surface area (Å²) in [6.07, 6.45) is 3.06. The van der Waals surface area contributed by atoms with Gasteiger partial charge in [-0.3, -0.25) is 0 Å². The summed E-state index contributed by atoms with van der Waals surface area (Å²) in [5.74, 6) is 1.25. The molecule has 0 aliphatic heterocycles. The van der Waals surface area contributed by atoms with E-state index in [0.29, 0.717) is 11.6 Å². The lowest BCUT2D eigenvalue weighted by molar-refractivity contribution is -0.0844. The highest BCUT2D eigenvalue weighted by Gasteiger charge is 2.42. The van der Waals surface area contributed by atoms with Gasteiger partial charge < -0.3 is 10.5 Å². The van der Waals surface area contributed by atoms with E-state index in [-0.39, 0.29) is 5.60 Å². The molecule has 2 N–H and O–H groups in total. The van der Waals surface area contributed by atoms with Crippen molar-refractivity contribution in [2.24, 2.45) is 0 Å². The highest BCUT2D eigenvalue weighted by molar-refractivity contribution is 5.67. The van der Waals surface area contributed by atoms with E-state index in [4.69, 9.17) is 15.5 Å². The number of ether oxygens (including phenoxy) is 1. The summed E-state index contributed by atoms with van der Waals surface area (Å²) in [6, 6.07) is 10.1. The Hall–Kier alpha value is -1.94. The number of anilines is 1. The molecule has 20 heavy (non-hydrogen) atoms. The van der Waals surface area contributed by atoms with Gasteiger partial charge in [0.25, 0.3) is 0 Å². The van der Waals surface area contributed by atoms with Gasteiger partial charge in [0.15, 0.2) is 5.82 Å². The van der Waals surface area contributed by atoms with E-state index >= 15 is 0 Å². The van der Waals surface area contributed by atoms with Crippen molar-refractivity contribution in [3.63, 3.8) is 0 Å². The van der Waals surface area contributed by atoms with E-state index in [2.05, 4.69) is 4.98 Å². The van der Waals surface area contributed by atoms with Crippen LogP contribution in [-0.4, -0.2) is 17.1 Å². The summed E-state index contributed by atoms with van der Waals surface area (Å²) in [7, 11) is 1.72. The summed E-state index contributed by atoms with van der Waals surface area (Å²) in [5, 5.41) is 0. The highest BCUT2D eigenvalue weighted by atomic mass is 16.5. The number of aromatic nitrogens is 2. The van der Waals surface area contributed by atoms with Gasteiger partial charge in [0, 0.05) is 18.2 Å². The SMILES string of the molecule is COC1(c2nc(N)c(C)c(-c3ccccc3)n2)CCC1. The maximum atomic E-state index is 6.08. The number of hydrogen-bond acceptors (Lipinski definition) is 4. The Labute approximate surface area is 119 Å². The predicted molar refractivity (Wildman–Crippen MR) is 79.2 cm³/mol. The lowest BCUT2D eigenvalue weighted by Gasteiger charge is -2.39. The fourth-order valence-electron chi connectivity index (χ4n) is 2.63. The first kappa shape index (κ1) is 13.1. The Kier molecular flexibility index (Phi) is 3.18. The Balaban J connectivity index is 2.13. The molecule has 0 unspecified atom stereocenters. The van der Waals surface area contributed by atoms with Crippen molar-refractivity contribution in [3.8, 4) is 11.3 Å². The summed E-state index contributed by atoms with van der Waals surface area (Å²) in [4.78, 5) is 9.22. The molecular weight excluding hydrogens is 250 g/mol. The lowest BCUT2D eigenvalue weighted by atomic mass is 9.79. The topological polar surface area (TPSA) is 61.0 Å². The van der Waals surface area contributed by atoms with Gasteiger partial charge in [0.05, 0.1) is 5.69 Å². The zero-order valence-corrected chi connectivity index (χ0v) is 11.9. The van der Waals surface area contributed by atoms with Crippen molar-refractivity contribution in [3.05, 3.63) is 41.7 Å². The van der Waals surface area contributed by atoms with Gasteiger partial charge in [-0.25, -0.2) is 9.97 Å². The van der Waals surface area contributed by atoms with Gasteiger partial charge in [0.1, 0.15) is 11.4 Å². The van der Waals surface area contributed by atoms with Gasteiger partial charge in [0.2, 0.25) is 0 Å². The standard InChI is InChI=1S/C16H19N3O/c1-11-13(12-7-4-3-5-8-12)18-15(19-14(11)17)16(20-2)9-6-10-16/h3-5,7-8H,6,9-10H2,1-2H3,(H2,17,18,19). The number of nitrogen functional groups attached to an aromatic ring is 1. The van der Waals surface area contributed by atoms with Crippen LogP contribution in [0.4, 0.5) is 5.82 Å². The molecule has 1 aliphatic rings. The summed E-state index contributed by atoms with van der Waals surface area (Å²) in [5.41, 5.74) is 8.62. The number of hydrogen-bond donors (Lipinski definition) is 1. The molecule has 1 saturated carbocycles. The summed E-state index contributed by atoms with van der Waals surface area (Å²) in [6.45, 7) is 1.96. The third-order valence-electron chi connectivity index (χ3n) is 4.19. The Bertz CT molecular complexity index is 616. The molecule has 1 aromatic carbocycles. The lowest BCUT2D eigenvalue weighted by Crippen LogP contribution is -2.38. The second kappa shape index (κ2) is 4.87. The molecule has 1 aliphatic carbocycles. The van der Waals surface area contributed by atoms with Crippen LogP contribution in [0.1, 0.15) is 30.7 Å². The number of rotatable bonds is 3. The van der Waals surface area contributed by atoms with Gasteiger partial charge in [-0.1, -0.05) is 30.3 Å². The zero-order chi connectivity index (χ0) is 14.2. The molecule has 1 fully saturated rings. The zero-order valence-electron chi connectivity index (χ0n) is 11.9. The molecule has 1 heterocycles. The fraction of sp³-hybridized carbons (Fsp3) is 0.375. The van der Waals surface area contributed by atoms with Gasteiger partial charge in [-0.15, -0.1) is 0 Å². The first-order valence-electron chi connectivity index (χ1n) is 6.91. The van der Waals surface area contributed by atoms with Crippen molar-refractivity contribution in [2.45, 2.75) is 31.8 Å². The Morgan fingerprint density at radius 1 is 1.15 bits per heavy atom. The Morgan fingerprint density at radius 3 is 2.40 bits per heavy atom. The largest absolute Gasteiger partial charge is 0.383 e. The molecule has 0 atom stereocenters. The monoisotopic (exact) mass is 269 g/mol. The van der Waals surface area contributed by atoms with E-state index < -0.39 is 0 Å². The van der Waals surface area contributed by atoms with E-state index in [1.165, 1.54) is 0 Å². The van der Waals surface area contributed by atoms with Crippen molar-refractivity contribution < 1.29 is 4.74 Å². The van der Waals surface area contributed by atoms with Crippen LogP contribution in [0.3, 0.4) is 0 Å². The molecule has 104 valence electrons. The second-order valence-electron chi connectivity index (χ2n) is 5.32. The van der Waals surface area contributed by atoms with E-state index in [1.807, 2.05) is 37.3 Å². The van der Waals surface area contributed by atoms with Crippen molar-refractivity contribution >= 4 is 5.82 Å². The third kappa shape index (κ3) is 1.96.